The molecule has 1 saturated carbocycles. The molecule has 3 aromatic rings. The summed E-state index contributed by atoms with van der Waals surface area (Å²) < 4.78 is 21.8. The molecule has 0 bridgehead atoms. The monoisotopic (exact) mass is 600 g/mol. The number of ether oxygens (including phenoxy) is 4. The zero-order valence-electron chi connectivity index (χ0n) is 26.8. The fourth-order valence-electron chi connectivity index (χ4n) is 5.63. The maximum Gasteiger partial charge on any atom is 0.274 e. The molecule has 9 nitrogen and oxygen atoms in total. The van der Waals surface area contributed by atoms with E-state index in [1.54, 1.807) is 40.8 Å². The van der Waals surface area contributed by atoms with Gasteiger partial charge in [-0.2, -0.15) is 0 Å². The molecule has 1 heterocycles. The summed E-state index contributed by atoms with van der Waals surface area (Å²) in [5, 5.41) is 6.73. The number of aromatic nitrogens is 1. The van der Waals surface area contributed by atoms with E-state index in [1.165, 1.54) is 0 Å². The fourth-order valence-corrected chi connectivity index (χ4v) is 5.63. The Morgan fingerprint density at radius 2 is 1.61 bits per heavy atom. The van der Waals surface area contributed by atoms with Crippen molar-refractivity contribution in [3.05, 3.63) is 88.4 Å². The molecule has 1 amide bonds. The zero-order chi connectivity index (χ0) is 31.8. The van der Waals surface area contributed by atoms with Crippen LogP contribution in [0.4, 0.5) is 11.4 Å². The normalized spacial score (nSPS) is 14.2. The van der Waals surface area contributed by atoms with E-state index < -0.39 is 12.6 Å². The molecule has 1 aromatic heterocycles. The van der Waals surface area contributed by atoms with Crippen molar-refractivity contribution < 1.29 is 23.7 Å². The molecular formula is C35H44N4O5. The third-order valence-electron chi connectivity index (χ3n) is 8.04. The molecule has 1 atom stereocenters. The number of nitrogens with zero attached hydrogens (tertiary/aromatic N) is 2. The molecule has 1 aliphatic carbocycles. The summed E-state index contributed by atoms with van der Waals surface area (Å²) in [5.74, 6) is 0.140. The average Bonchev–Trinajstić information content (AvgIpc) is 3.87. The molecule has 0 radical (unpaired) electrons. The van der Waals surface area contributed by atoms with E-state index in [-0.39, 0.29) is 11.9 Å². The number of hydrogen-bond acceptors (Lipinski definition) is 8. The number of pyridine rings is 1. The van der Waals surface area contributed by atoms with E-state index in [9.17, 15) is 4.79 Å². The van der Waals surface area contributed by atoms with E-state index in [0.29, 0.717) is 18.0 Å². The standard InChI is InChI=1S/C35H44N4O5/c1-21(17-25(19-36-4)34(41-5)42-6)38-30-13-9-11-26(22(30)2)27-12-10-14-31(23(27)3)39-33(40)32-18-28(24-15-16-24)29(20-37-32)35(43-7)44-8/h9-14,18-21,24,34-35,38H,4,15-17H2,1-3,5-8H3,(H,39,40)/b25-19+. The number of rotatable bonds is 15. The van der Waals surface area contributed by atoms with Gasteiger partial charge in [-0.3, -0.25) is 14.8 Å². The summed E-state index contributed by atoms with van der Waals surface area (Å²) in [6.07, 6.45) is 5.20. The molecule has 2 aromatic carbocycles. The third-order valence-corrected chi connectivity index (χ3v) is 8.04. The first-order chi connectivity index (χ1) is 21.3. The summed E-state index contributed by atoms with van der Waals surface area (Å²) in [6, 6.07) is 14.1. The summed E-state index contributed by atoms with van der Waals surface area (Å²) in [5.41, 5.74) is 9.13. The number of carbonyl (C=O) groups is 1. The highest BCUT2D eigenvalue weighted by Gasteiger charge is 2.30. The molecule has 1 unspecified atom stereocenters. The number of nitrogens with one attached hydrogen (secondary N) is 2. The van der Waals surface area contributed by atoms with Gasteiger partial charge in [0, 0.05) is 69.4 Å². The lowest BCUT2D eigenvalue weighted by atomic mass is 9.94. The van der Waals surface area contributed by atoms with Gasteiger partial charge in [0.15, 0.2) is 12.6 Å². The molecule has 1 aliphatic rings. The maximum absolute atomic E-state index is 13.4. The van der Waals surface area contributed by atoms with Gasteiger partial charge in [-0.15, -0.1) is 0 Å². The quantitative estimate of drug-likeness (QED) is 0.141. The van der Waals surface area contributed by atoms with Gasteiger partial charge >= 0.3 is 0 Å². The Hall–Kier alpha value is -3.89. The molecule has 4 rings (SSSR count). The highest BCUT2D eigenvalue weighted by Crippen LogP contribution is 2.43. The maximum atomic E-state index is 13.4. The lowest BCUT2D eigenvalue weighted by Gasteiger charge is -2.23. The first-order valence-corrected chi connectivity index (χ1v) is 14.8. The topological polar surface area (TPSA) is 103 Å². The van der Waals surface area contributed by atoms with Gasteiger partial charge in [-0.25, -0.2) is 0 Å². The Balaban J connectivity index is 1.55. The molecule has 44 heavy (non-hydrogen) atoms. The second-order valence-corrected chi connectivity index (χ2v) is 11.1. The number of anilines is 2. The molecule has 2 N–H and O–H groups in total. The number of amides is 1. The van der Waals surface area contributed by atoms with Crippen LogP contribution in [-0.4, -0.2) is 58.4 Å². The van der Waals surface area contributed by atoms with Gasteiger partial charge in [0.05, 0.1) is 0 Å². The first-order valence-electron chi connectivity index (χ1n) is 14.8. The minimum atomic E-state index is -0.513. The van der Waals surface area contributed by atoms with Crippen LogP contribution in [0.25, 0.3) is 11.1 Å². The molecule has 9 heteroatoms. The number of aliphatic imine (C=N–C) groups is 1. The number of methoxy groups -OCH3 is 4. The Bertz CT molecular complexity index is 1490. The van der Waals surface area contributed by atoms with Gasteiger partial charge in [-0.1, -0.05) is 24.3 Å². The first kappa shape index (κ1) is 33.0. The predicted molar refractivity (Wildman–Crippen MR) is 175 cm³/mol. The second kappa shape index (κ2) is 15.2. The van der Waals surface area contributed by atoms with Crippen LogP contribution in [0, 0.1) is 13.8 Å². The SMILES string of the molecule is C=N/C=C(\CC(C)Nc1cccc(-c2cccc(NC(=O)c3cc(C4CC4)c(C(OC)OC)cn3)c2C)c1C)C(OC)OC. The smallest absolute Gasteiger partial charge is 0.274 e. The van der Waals surface area contributed by atoms with Crippen molar-refractivity contribution in [2.45, 2.75) is 64.6 Å². The Labute approximate surface area is 260 Å². The van der Waals surface area contributed by atoms with Crippen molar-refractivity contribution in [3.63, 3.8) is 0 Å². The summed E-state index contributed by atoms with van der Waals surface area (Å²) >= 11 is 0. The highest BCUT2D eigenvalue weighted by molar-refractivity contribution is 6.04. The van der Waals surface area contributed by atoms with Crippen LogP contribution in [0.1, 0.15) is 71.1 Å². The van der Waals surface area contributed by atoms with Crippen molar-refractivity contribution in [1.29, 1.82) is 0 Å². The van der Waals surface area contributed by atoms with Crippen LogP contribution in [-0.2, 0) is 18.9 Å². The number of carbonyl (C=O) groups excluding carboxylic acids is 1. The minimum Gasteiger partial charge on any atom is -0.382 e. The molecular weight excluding hydrogens is 556 g/mol. The third kappa shape index (κ3) is 7.60. The molecule has 1 fully saturated rings. The largest absolute Gasteiger partial charge is 0.382 e. The van der Waals surface area contributed by atoms with Gasteiger partial charge in [0.25, 0.3) is 5.91 Å². The molecule has 0 spiro atoms. The van der Waals surface area contributed by atoms with Crippen molar-refractivity contribution >= 4 is 24.0 Å². The van der Waals surface area contributed by atoms with Gasteiger partial charge in [0.1, 0.15) is 5.69 Å². The lowest BCUT2D eigenvalue weighted by molar-refractivity contribution is -0.106. The number of hydrogen-bond donors (Lipinski definition) is 2. The van der Waals surface area contributed by atoms with Crippen LogP contribution in [0.15, 0.2) is 65.4 Å². The number of benzene rings is 2. The summed E-state index contributed by atoms with van der Waals surface area (Å²) in [6.45, 7) is 9.81. The van der Waals surface area contributed by atoms with E-state index in [1.807, 2.05) is 31.2 Å². The Kier molecular flexibility index (Phi) is 11.4. The van der Waals surface area contributed by atoms with Crippen LogP contribution in [0.2, 0.25) is 0 Å². The minimum absolute atomic E-state index is 0.0685. The molecule has 234 valence electrons. The Morgan fingerprint density at radius 1 is 1.00 bits per heavy atom. The highest BCUT2D eigenvalue weighted by atomic mass is 16.7. The van der Waals surface area contributed by atoms with Crippen molar-refractivity contribution in [1.82, 2.24) is 4.98 Å². The van der Waals surface area contributed by atoms with Gasteiger partial charge in [0.2, 0.25) is 0 Å². The van der Waals surface area contributed by atoms with E-state index >= 15 is 0 Å². The van der Waals surface area contributed by atoms with Gasteiger partial charge in [-0.05, 0) is 98.7 Å². The summed E-state index contributed by atoms with van der Waals surface area (Å²) in [4.78, 5) is 21.8. The van der Waals surface area contributed by atoms with Crippen LogP contribution >= 0.6 is 0 Å². The Morgan fingerprint density at radius 3 is 2.18 bits per heavy atom. The molecule has 0 saturated heterocycles. The average molecular weight is 601 g/mol. The predicted octanol–water partition coefficient (Wildman–Crippen LogP) is 7.18. The van der Waals surface area contributed by atoms with Crippen LogP contribution < -0.4 is 10.6 Å². The second-order valence-electron chi connectivity index (χ2n) is 11.1. The van der Waals surface area contributed by atoms with Crippen molar-refractivity contribution in [3.8, 4) is 11.1 Å². The van der Waals surface area contributed by atoms with Gasteiger partial charge < -0.3 is 29.6 Å². The van der Waals surface area contributed by atoms with Crippen LogP contribution in [0.5, 0.6) is 0 Å². The van der Waals surface area contributed by atoms with Crippen molar-refractivity contribution in [2.75, 3.05) is 39.1 Å². The fraction of sp³-hybridized carbons (Fsp3) is 0.400. The van der Waals surface area contributed by atoms with Crippen molar-refractivity contribution in [2.24, 2.45) is 4.99 Å². The zero-order valence-corrected chi connectivity index (χ0v) is 26.8. The van der Waals surface area contributed by atoms with Crippen LogP contribution in [0.3, 0.4) is 0 Å². The van der Waals surface area contributed by atoms with E-state index in [0.717, 1.165) is 63.2 Å². The summed E-state index contributed by atoms with van der Waals surface area (Å²) in [7, 11) is 6.41. The van der Waals surface area contributed by atoms with E-state index in [2.05, 4.69) is 59.4 Å². The molecule has 0 aliphatic heterocycles. The lowest BCUT2D eigenvalue weighted by Crippen LogP contribution is -2.23. The van der Waals surface area contributed by atoms with E-state index in [4.69, 9.17) is 18.9 Å².